The number of hydrogen-bond acceptors (Lipinski definition) is 3. The van der Waals surface area contributed by atoms with Gasteiger partial charge in [0.05, 0.1) is 17.9 Å². The van der Waals surface area contributed by atoms with Crippen LogP contribution in [0.5, 0.6) is 0 Å². The predicted octanol–water partition coefficient (Wildman–Crippen LogP) is 1.96. The van der Waals surface area contributed by atoms with Crippen LogP contribution >= 0.6 is 0 Å². The van der Waals surface area contributed by atoms with Crippen molar-refractivity contribution in [3.05, 3.63) is 29.8 Å². The van der Waals surface area contributed by atoms with Crippen LogP contribution in [0.2, 0.25) is 0 Å². The molecular formula is C16H21NO4S. The maximum absolute atomic E-state index is 12.3. The Morgan fingerprint density at radius 2 is 1.77 bits per heavy atom. The van der Waals surface area contributed by atoms with Gasteiger partial charge in [0.15, 0.2) is 0 Å². The SMILES string of the molecule is CC(NC(=O)[C@@H]1[C@H](C(=O)O)C1(C)C)c1ccc(S(C)=O)cc1. The third-order valence-corrected chi connectivity index (χ3v) is 5.38. The van der Waals surface area contributed by atoms with E-state index in [1.54, 1.807) is 32.2 Å². The number of carboxylic acid groups (broad SMARTS) is 1. The fourth-order valence-corrected chi connectivity index (χ4v) is 3.44. The van der Waals surface area contributed by atoms with E-state index in [0.29, 0.717) is 0 Å². The van der Waals surface area contributed by atoms with Gasteiger partial charge in [-0.1, -0.05) is 26.0 Å². The molecule has 2 rings (SSSR count). The first kappa shape index (κ1) is 16.7. The van der Waals surface area contributed by atoms with Gasteiger partial charge >= 0.3 is 5.97 Å². The number of amides is 1. The summed E-state index contributed by atoms with van der Waals surface area (Å²) in [4.78, 5) is 24.1. The second-order valence-corrected chi connectivity index (χ2v) is 7.75. The first-order valence-corrected chi connectivity index (χ1v) is 8.68. The van der Waals surface area contributed by atoms with Crippen molar-refractivity contribution >= 4 is 22.7 Å². The van der Waals surface area contributed by atoms with Gasteiger partial charge in [0.25, 0.3) is 0 Å². The van der Waals surface area contributed by atoms with Gasteiger partial charge in [0, 0.05) is 22.0 Å². The number of rotatable bonds is 5. The first-order chi connectivity index (χ1) is 10.2. The van der Waals surface area contributed by atoms with Gasteiger partial charge in [0.1, 0.15) is 0 Å². The topological polar surface area (TPSA) is 83.5 Å². The molecule has 1 aromatic carbocycles. The Kier molecular flexibility index (Phi) is 4.42. The molecule has 1 amide bonds. The summed E-state index contributed by atoms with van der Waals surface area (Å²) in [6.07, 6.45) is 1.61. The highest BCUT2D eigenvalue weighted by Gasteiger charge is 2.65. The lowest BCUT2D eigenvalue weighted by Crippen LogP contribution is -2.30. The zero-order valence-corrected chi connectivity index (χ0v) is 13.9. The van der Waals surface area contributed by atoms with Crippen molar-refractivity contribution in [2.75, 3.05) is 6.26 Å². The minimum absolute atomic E-state index is 0.224. The third kappa shape index (κ3) is 3.06. The van der Waals surface area contributed by atoms with Crippen LogP contribution in [-0.2, 0) is 20.4 Å². The summed E-state index contributed by atoms with van der Waals surface area (Å²) in [6, 6.07) is 6.98. The maximum Gasteiger partial charge on any atom is 0.307 e. The fourth-order valence-electron chi connectivity index (χ4n) is 2.92. The average molecular weight is 323 g/mol. The van der Waals surface area contributed by atoms with Crippen LogP contribution < -0.4 is 5.32 Å². The third-order valence-electron chi connectivity index (χ3n) is 4.45. The fraction of sp³-hybridized carbons (Fsp3) is 0.500. The highest BCUT2D eigenvalue weighted by molar-refractivity contribution is 7.84. The summed E-state index contributed by atoms with van der Waals surface area (Å²) in [5.41, 5.74) is 0.395. The van der Waals surface area contributed by atoms with Crippen molar-refractivity contribution in [2.45, 2.75) is 31.7 Å². The van der Waals surface area contributed by atoms with Gasteiger partial charge in [-0.05, 0) is 30.0 Å². The van der Waals surface area contributed by atoms with Crippen LogP contribution in [0.25, 0.3) is 0 Å². The summed E-state index contributed by atoms with van der Waals surface area (Å²) < 4.78 is 11.4. The second-order valence-electron chi connectivity index (χ2n) is 6.37. The molecule has 22 heavy (non-hydrogen) atoms. The second kappa shape index (κ2) is 5.83. The van der Waals surface area contributed by atoms with Gasteiger partial charge in [-0.3, -0.25) is 13.8 Å². The Bertz CT molecular complexity index is 624. The van der Waals surface area contributed by atoms with Crippen molar-refractivity contribution in [3.8, 4) is 0 Å². The van der Waals surface area contributed by atoms with E-state index in [1.807, 2.05) is 19.1 Å². The largest absolute Gasteiger partial charge is 0.481 e. The lowest BCUT2D eigenvalue weighted by Gasteiger charge is -2.15. The standard InChI is InChI=1S/C16H21NO4S/c1-9(10-5-7-11(8-6-10)22(4)21)17-14(18)12-13(15(19)20)16(12,2)3/h5-9,12-13H,1-4H3,(H,17,18)(H,19,20)/t9?,12-,13+,22?/m0/s1. The molecule has 1 fully saturated rings. The van der Waals surface area contributed by atoms with Crippen molar-refractivity contribution in [1.82, 2.24) is 5.32 Å². The monoisotopic (exact) mass is 323 g/mol. The van der Waals surface area contributed by atoms with E-state index in [9.17, 15) is 13.8 Å². The van der Waals surface area contributed by atoms with Crippen LogP contribution in [0.3, 0.4) is 0 Å². The molecular weight excluding hydrogens is 302 g/mol. The van der Waals surface area contributed by atoms with Crippen LogP contribution in [0.4, 0.5) is 0 Å². The van der Waals surface area contributed by atoms with Crippen LogP contribution in [0.15, 0.2) is 29.2 Å². The van der Waals surface area contributed by atoms with E-state index >= 15 is 0 Å². The van der Waals surface area contributed by atoms with E-state index < -0.39 is 34.0 Å². The van der Waals surface area contributed by atoms with Crippen LogP contribution in [-0.4, -0.2) is 27.4 Å². The summed E-state index contributed by atoms with van der Waals surface area (Å²) >= 11 is 0. The normalized spacial score (nSPS) is 25.1. The number of aliphatic carboxylic acids is 1. The molecule has 4 atom stereocenters. The Balaban J connectivity index is 2.03. The average Bonchev–Trinajstić information content (AvgIpc) is 3.02. The molecule has 2 unspecified atom stereocenters. The Hall–Kier alpha value is -1.69. The van der Waals surface area contributed by atoms with Gasteiger partial charge in [0.2, 0.25) is 5.91 Å². The zero-order chi connectivity index (χ0) is 16.7. The minimum atomic E-state index is -1.03. The van der Waals surface area contributed by atoms with Gasteiger partial charge in [-0.25, -0.2) is 0 Å². The molecule has 0 saturated heterocycles. The molecule has 0 bridgehead atoms. The number of benzene rings is 1. The maximum atomic E-state index is 12.3. The molecule has 0 aromatic heterocycles. The summed E-state index contributed by atoms with van der Waals surface area (Å²) in [5, 5.41) is 12.0. The van der Waals surface area contributed by atoms with E-state index in [1.165, 1.54) is 0 Å². The van der Waals surface area contributed by atoms with Crippen LogP contribution in [0.1, 0.15) is 32.4 Å². The van der Waals surface area contributed by atoms with E-state index in [-0.39, 0.29) is 11.9 Å². The zero-order valence-electron chi connectivity index (χ0n) is 13.1. The molecule has 120 valence electrons. The molecule has 2 N–H and O–H groups in total. The Morgan fingerprint density at radius 3 is 2.18 bits per heavy atom. The summed E-state index contributed by atoms with van der Waals surface area (Å²) in [6.45, 7) is 5.44. The quantitative estimate of drug-likeness (QED) is 0.867. The number of carbonyl (C=O) groups excluding carboxylic acids is 1. The molecule has 1 aliphatic rings. The van der Waals surface area contributed by atoms with Crippen LogP contribution in [0, 0.1) is 17.3 Å². The number of hydrogen-bond donors (Lipinski definition) is 2. The van der Waals surface area contributed by atoms with Gasteiger partial charge in [-0.15, -0.1) is 0 Å². The smallest absolute Gasteiger partial charge is 0.307 e. The van der Waals surface area contributed by atoms with E-state index in [4.69, 9.17) is 5.11 Å². The van der Waals surface area contributed by atoms with E-state index in [2.05, 4.69) is 5.32 Å². The Morgan fingerprint density at radius 1 is 1.23 bits per heavy atom. The van der Waals surface area contributed by atoms with E-state index in [0.717, 1.165) is 10.5 Å². The molecule has 0 aliphatic heterocycles. The molecule has 1 saturated carbocycles. The summed E-state index contributed by atoms with van der Waals surface area (Å²) in [7, 11) is -1.03. The predicted molar refractivity (Wildman–Crippen MR) is 83.7 cm³/mol. The highest BCUT2D eigenvalue weighted by atomic mass is 32.2. The Labute approximate surface area is 132 Å². The minimum Gasteiger partial charge on any atom is -0.481 e. The first-order valence-electron chi connectivity index (χ1n) is 7.12. The molecule has 5 nitrogen and oxygen atoms in total. The molecule has 0 spiro atoms. The molecule has 0 heterocycles. The van der Waals surface area contributed by atoms with Gasteiger partial charge < -0.3 is 10.4 Å². The lowest BCUT2D eigenvalue weighted by atomic mass is 10.1. The molecule has 1 aromatic rings. The van der Waals surface area contributed by atoms with Gasteiger partial charge in [-0.2, -0.15) is 0 Å². The molecule has 1 aliphatic carbocycles. The number of carboxylic acids is 1. The van der Waals surface area contributed by atoms with Crippen molar-refractivity contribution in [3.63, 3.8) is 0 Å². The molecule has 6 heteroatoms. The molecule has 0 radical (unpaired) electrons. The van der Waals surface area contributed by atoms with Crippen molar-refractivity contribution in [1.29, 1.82) is 0 Å². The number of carbonyl (C=O) groups is 2. The summed E-state index contributed by atoms with van der Waals surface area (Å²) in [5.74, 6) is -2.26. The highest BCUT2D eigenvalue weighted by Crippen LogP contribution is 2.58. The number of nitrogens with one attached hydrogen (secondary N) is 1. The van der Waals surface area contributed by atoms with Crippen molar-refractivity contribution in [2.24, 2.45) is 17.3 Å². The van der Waals surface area contributed by atoms with Crippen molar-refractivity contribution < 1.29 is 18.9 Å². The lowest BCUT2D eigenvalue weighted by molar-refractivity contribution is -0.140.